The summed E-state index contributed by atoms with van der Waals surface area (Å²) in [5.74, 6) is -0.616. The van der Waals surface area contributed by atoms with Crippen LogP contribution in [0.1, 0.15) is 18.9 Å². The van der Waals surface area contributed by atoms with Crippen LogP contribution in [0, 0.1) is 5.82 Å². The molecule has 5 heteroatoms. The monoisotopic (exact) mass is 239 g/mol. The molecule has 17 heavy (non-hydrogen) atoms. The Hall–Kier alpha value is -1.91. The Balaban J connectivity index is 2.22. The Morgan fingerprint density at radius 2 is 2.12 bits per heavy atom. The van der Waals surface area contributed by atoms with Crippen LogP contribution in [0.15, 0.2) is 29.4 Å². The van der Waals surface area contributed by atoms with Gasteiger partial charge in [0.25, 0.3) is 0 Å². The lowest BCUT2D eigenvalue weighted by Crippen LogP contribution is -2.06. The third-order valence-corrected chi connectivity index (χ3v) is 1.85. The van der Waals surface area contributed by atoms with E-state index < -0.39 is 0 Å². The van der Waals surface area contributed by atoms with Crippen molar-refractivity contribution in [2.75, 3.05) is 13.2 Å². The van der Waals surface area contributed by atoms with Gasteiger partial charge in [-0.1, -0.05) is 17.3 Å². The molecule has 92 valence electrons. The quantitative estimate of drug-likeness (QED) is 0.330. The highest BCUT2D eigenvalue weighted by Crippen LogP contribution is 2.00. The lowest BCUT2D eigenvalue weighted by atomic mass is 10.2. The van der Waals surface area contributed by atoms with Crippen LogP contribution < -0.4 is 0 Å². The summed E-state index contributed by atoms with van der Waals surface area (Å²) < 4.78 is 17.3. The molecule has 0 bridgehead atoms. The highest BCUT2D eigenvalue weighted by atomic mass is 19.1. The van der Waals surface area contributed by atoms with Crippen LogP contribution in [0.4, 0.5) is 4.39 Å². The SMILES string of the molecule is CCOC(=O)CCO/N=C/c1ccc(F)cc1. The second-order valence-corrected chi connectivity index (χ2v) is 3.17. The fourth-order valence-corrected chi connectivity index (χ4v) is 1.06. The van der Waals surface area contributed by atoms with Gasteiger partial charge < -0.3 is 9.57 Å². The molecule has 0 fully saturated rings. The van der Waals surface area contributed by atoms with Gasteiger partial charge in [-0.25, -0.2) is 4.39 Å². The van der Waals surface area contributed by atoms with E-state index in [4.69, 9.17) is 9.57 Å². The number of hydrogen-bond donors (Lipinski definition) is 0. The molecule has 0 saturated carbocycles. The molecule has 4 nitrogen and oxygen atoms in total. The van der Waals surface area contributed by atoms with Crippen molar-refractivity contribution in [3.05, 3.63) is 35.6 Å². The van der Waals surface area contributed by atoms with E-state index in [9.17, 15) is 9.18 Å². The van der Waals surface area contributed by atoms with Crippen molar-refractivity contribution >= 4 is 12.2 Å². The van der Waals surface area contributed by atoms with Gasteiger partial charge in [0.05, 0.1) is 19.2 Å². The summed E-state index contributed by atoms with van der Waals surface area (Å²) in [4.78, 5) is 15.8. The molecule has 0 spiro atoms. The molecule has 1 aromatic carbocycles. The van der Waals surface area contributed by atoms with Crippen molar-refractivity contribution in [3.8, 4) is 0 Å². The van der Waals surface area contributed by atoms with Crippen LogP contribution in [0.2, 0.25) is 0 Å². The van der Waals surface area contributed by atoms with Crippen molar-refractivity contribution < 1.29 is 18.8 Å². The highest BCUT2D eigenvalue weighted by Gasteiger charge is 2.00. The molecule has 0 N–H and O–H groups in total. The van der Waals surface area contributed by atoms with E-state index in [1.165, 1.54) is 18.3 Å². The van der Waals surface area contributed by atoms with Gasteiger partial charge in [-0.05, 0) is 24.6 Å². The average Bonchev–Trinajstić information content (AvgIpc) is 2.31. The number of carbonyl (C=O) groups is 1. The van der Waals surface area contributed by atoms with Gasteiger partial charge in [-0.3, -0.25) is 4.79 Å². The van der Waals surface area contributed by atoms with Crippen molar-refractivity contribution in [3.63, 3.8) is 0 Å². The summed E-state index contributed by atoms with van der Waals surface area (Å²) in [6, 6.07) is 5.82. The van der Waals surface area contributed by atoms with Crippen molar-refractivity contribution in [2.45, 2.75) is 13.3 Å². The molecule has 0 unspecified atom stereocenters. The van der Waals surface area contributed by atoms with E-state index in [1.54, 1.807) is 19.1 Å². The zero-order chi connectivity index (χ0) is 12.5. The standard InChI is InChI=1S/C12H14FNO3/c1-2-16-12(15)7-8-17-14-9-10-3-5-11(13)6-4-10/h3-6,9H,2,7-8H2,1H3/b14-9+. The van der Waals surface area contributed by atoms with Gasteiger partial charge in [0.15, 0.2) is 0 Å². The number of hydrogen-bond acceptors (Lipinski definition) is 4. The molecule has 0 aliphatic heterocycles. The number of ether oxygens (including phenoxy) is 1. The summed E-state index contributed by atoms with van der Waals surface area (Å²) >= 11 is 0. The first-order chi connectivity index (χ1) is 8.22. The van der Waals surface area contributed by atoms with E-state index in [0.29, 0.717) is 6.61 Å². The molecule has 0 aromatic heterocycles. The fraction of sp³-hybridized carbons (Fsp3) is 0.333. The molecule has 0 atom stereocenters. The molecular formula is C12H14FNO3. The third kappa shape index (κ3) is 5.65. The largest absolute Gasteiger partial charge is 0.466 e. The topological polar surface area (TPSA) is 47.9 Å². The minimum atomic E-state index is -0.315. The van der Waals surface area contributed by atoms with E-state index >= 15 is 0 Å². The molecule has 0 aliphatic carbocycles. The van der Waals surface area contributed by atoms with Crippen molar-refractivity contribution in [1.29, 1.82) is 0 Å². The molecule has 0 radical (unpaired) electrons. The van der Waals surface area contributed by atoms with Gasteiger partial charge in [0, 0.05) is 0 Å². The first kappa shape index (κ1) is 13.2. The maximum atomic E-state index is 12.6. The average molecular weight is 239 g/mol. The third-order valence-electron chi connectivity index (χ3n) is 1.85. The Kier molecular flexibility index (Phi) is 5.71. The van der Waals surface area contributed by atoms with Crippen LogP contribution in [-0.4, -0.2) is 25.4 Å². The summed E-state index contributed by atoms with van der Waals surface area (Å²) in [6.07, 6.45) is 1.61. The highest BCUT2D eigenvalue weighted by molar-refractivity contribution is 5.78. The summed E-state index contributed by atoms with van der Waals surface area (Å²) in [5.41, 5.74) is 0.725. The van der Waals surface area contributed by atoms with E-state index in [-0.39, 0.29) is 24.8 Å². The maximum Gasteiger partial charge on any atom is 0.309 e. The normalized spacial score (nSPS) is 10.5. The molecule has 0 heterocycles. The Labute approximate surface area is 99.0 Å². The summed E-state index contributed by atoms with van der Waals surface area (Å²) in [5, 5.41) is 3.65. The molecule has 1 rings (SSSR count). The number of halogens is 1. The number of nitrogens with zero attached hydrogens (tertiary/aromatic N) is 1. The lowest BCUT2D eigenvalue weighted by molar-refractivity contribution is -0.144. The summed E-state index contributed by atoms with van der Waals surface area (Å²) in [7, 11) is 0. The first-order valence-corrected chi connectivity index (χ1v) is 5.29. The van der Waals surface area contributed by atoms with Gasteiger partial charge >= 0.3 is 5.97 Å². The number of carbonyl (C=O) groups excluding carboxylic acids is 1. The van der Waals surface area contributed by atoms with E-state index in [0.717, 1.165) is 5.56 Å². The number of benzene rings is 1. The smallest absolute Gasteiger partial charge is 0.309 e. The predicted octanol–water partition coefficient (Wildman–Crippen LogP) is 2.13. The molecule has 0 saturated heterocycles. The maximum absolute atomic E-state index is 12.6. The van der Waals surface area contributed by atoms with Gasteiger partial charge in [-0.2, -0.15) is 0 Å². The fourth-order valence-electron chi connectivity index (χ4n) is 1.06. The molecular weight excluding hydrogens is 225 g/mol. The van der Waals surface area contributed by atoms with E-state index in [2.05, 4.69) is 5.16 Å². The van der Waals surface area contributed by atoms with Crippen LogP contribution >= 0.6 is 0 Å². The molecule has 0 aliphatic rings. The minimum absolute atomic E-state index is 0.161. The zero-order valence-electron chi connectivity index (χ0n) is 9.56. The van der Waals surface area contributed by atoms with Gasteiger partial charge in [0.2, 0.25) is 0 Å². The predicted molar refractivity (Wildman–Crippen MR) is 61.2 cm³/mol. The second-order valence-electron chi connectivity index (χ2n) is 3.17. The lowest BCUT2D eigenvalue weighted by Gasteiger charge is -2.00. The van der Waals surface area contributed by atoms with Gasteiger partial charge in [-0.15, -0.1) is 0 Å². The first-order valence-electron chi connectivity index (χ1n) is 5.29. The number of rotatable bonds is 6. The number of oxime groups is 1. The van der Waals surface area contributed by atoms with Crippen LogP contribution in [0.25, 0.3) is 0 Å². The Morgan fingerprint density at radius 3 is 2.76 bits per heavy atom. The molecule has 1 aromatic rings. The minimum Gasteiger partial charge on any atom is -0.466 e. The van der Waals surface area contributed by atoms with Crippen molar-refractivity contribution in [1.82, 2.24) is 0 Å². The Bertz CT molecular complexity index is 376. The van der Waals surface area contributed by atoms with Crippen LogP contribution in [0.5, 0.6) is 0 Å². The number of esters is 1. The summed E-state index contributed by atoms with van der Waals surface area (Å²) in [6.45, 7) is 2.26. The molecule has 0 amide bonds. The second kappa shape index (κ2) is 7.38. The van der Waals surface area contributed by atoms with Crippen LogP contribution in [-0.2, 0) is 14.4 Å². The van der Waals surface area contributed by atoms with Crippen molar-refractivity contribution in [2.24, 2.45) is 5.16 Å². The van der Waals surface area contributed by atoms with Crippen LogP contribution in [0.3, 0.4) is 0 Å². The van der Waals surface area contributed by atoms with E-state index in [1.807, 2.05) is 0 Å². The van der Waals surface area contributed by atoms with Gasteiger partial charge in [0.1, 0.15) is 12.4 Å². The Morgan fingerprint density at radius 1 is 1.41 bits per heavy atom. The zero-order valence-corrected chi connectivity index (χ0v) is 9.56.